The van der Waals surface area contributed by atoms with Gasteiger partial charge < -0.3 is 24.8 Å². The molecule has 1 aliphatic heterocycles. The topological polar surface area (TPSA) is 88.1 Å². The molecule has 0 radical (unpaired) electrons. The van der Waals surface area contributed by atoms with Crippen molar-refractivity contribution >= 4 is 12.1 Å². The van der Waals surface area contributed by atoms with Gasteiger partial charge in [-0.3, -0.25) is 4.79 Å². The van der Waals surface area contributed by atoms with Crippen molar-refractivity contribution in [2.75, 3.05) is 26.8 Å². The van der Waals surface area contributed by atoms with Crippen LogP contribution in [0.3, 0.4) is 0 Å². The third kappa shape index (κ3) is 4.97. The molecule has 0 saturated carbocycles. The van der Waals surface area contributed by atoms with Gasteiger partial charge in [-0.2, -0.15) is 0 Å². The average Bonchev–Trinajstić information content (AvgIpc) is 2.36. The highest BCUT2D eigenvalue weighted by atomic mass is 16.6. The van der Waals surface area contributed by atoms with Crippen LogP contribution < -0.4 is 5.32 Å². The second kappa shape index (κ2) is 6.90. The first-order valence-corrected chi connectivity index (χ1v) is 6.67. The summed E-state index contributed by atoms with van der Waals surface area (Å²) in [5.41, 5.74) is -0.605. The number of amides is 1. The van der Waals surface area contributed by atoms with Gasteiger partial charge in [0.25, 0.3) is 0 Å². The molecule has 0 bridgehead atoms. The number of rotatable bonds is 3. The van der Waals surface area contributed by atoms with Crippen LogP contribution in [0.2, 0.25) is 0 Å². The second-order valence-electron chi connectivity index (χ2n) is 5.85. The summed E-state index contributed by atoms with van der Waals surface area (Å²) >= 11 is 0. The zero-order valence-electron chi connectivity index (χ0n) is 12.5. The highest BCUT2D eigenvalue weighted by Crippen LogP contribution is 2.17. The van der Waals surface area contributed by atoms with Crippen molar-refractivity contribution < 1.29 is 24.2 Å². The summed E-state index contributed by atoms with van der Waals surface area (Å²) in [6.45, 7) is 5.99. The molecule has 1 amide bonds. The Hall–Kier alpha value is -1.34. The van der Waals surface area contributed by atoms with E-state index in [1.165, 1.54) is 12.0 Å². The maximum atomic E-state index is 12.2. The van der Waals surface area contributed by atoms with Crippen LogP contribution in [0.4, 0.5) is 4.79 Å². The van der Waals surface area contributed by atoms with Crippen molar-refractivity contribution in [3.05, 3.63) is 0 Å². The number of ether oxygens (including phenoxy) is 2. The molecule has 20 heavy (non-hydrogen) atoms. The standard InChI is InChI=1S/C13H24N2O5/c1-13(2,3)20-12(18)15-7-9(8-16)14-6-10(15)5-11(17)19-4/h9-10,14,16H,5-8H2,1-4H3/t9?,10-/m0/s1. The molecule has 7 heteroatoms. The lowest BCUT2D eigenvalue weighted by atomic mass is 10.1. The van der Waals surface area contributed by atoms with E-state index in [0.717, 1.165) is 0 Å². The number of hydrogen-bond acceptors (Lipinski definition) is 6. The molecule has 1 aliphatic rings. The van der Waals surface area contributed by atoms with Crippen LogP contribution in [0.1, 0.15) is 27.2 Å². The van der Waals surface area contributed by atoms with E-state index in [9.17, 15) is 14.7 Å². The van der Waals surface area contributed by atoms with Crippen molar-refractivity contribution in [1.82, 2.24) is 10.2 Å². The predicted octanol–water partition coefficient (Wildman–Crippen LogP) is 0.119. The van der Waals surface area contributed by atoms with E-state index >= 15 is 0 Å². The van der Waals surface area contributed by atoms with E-state index in [-0.39, 0.29) is 31.1 Å². The minimum absolute atomic E-state index is 0.0791. The zero-order chi connectivity index (χ0) is 15.3. The molecule has 1 rings (SSSR count). The van der Waals surface area contributed by atoms with E-state index in [4.69, 9.17) is 4.74 Å². The molecule has 116 valence electrons. The number of piperazine rings is 1. The number of carbonyl (C=O) groups excluding carboxylic acids is 2. The third-order valence-electron chi connectivity index (χ3n) is 2.98. The zero-order valence-corrected chi connectivity index (χ0v) is 12.5. The summed E-state index contributed by atoms with van der Waals surface area (Å²) in [6, 6.07) is -0.545. The van der Waals surface area contributed by atoms with Gasteiger partial charge in [-0.05, 0) is 20.8 Å². The Bertz CT molecular complexity index is 353. The summed E-state index contributed by atoms with van der Waals surface area (Å²) < 4.78 is 9.98. The fraction of sp³-hybridized carbons (Fsp3) is 0.846. The van der Waals surface area contributed by atoms with Gasteiger partial charge in [0.2, 0.25) is 0 Å². The molecule has 7 nitrogen and oxygen atoms in total. The van der Waals surface area contributed by atoms with Crippen LogP contribution in [0.25, 0.3) is 0 Å². The van der Waals surface area contributed by atoms with Crippen LogP contribution >= 0.6 is 0 Å². The quantitative estimate of drug-likeness (QED) is 0.717. The third-order valence-corrected chi connectivity index (χ3v) is 2.98. The Labute approximate surface area is 119 Å². The highest BCUT2D eigenvalue weighted by Gasteiger charge is 2.35. The fourth-order valence-corrected chi connectivity index (χ4v) is 1.99. The number of aliphatic hydroxyl groups is 1. The van der Waals surface area contributed by atoms with Crippen LogP contribution in [0.15, 0.2) is 0 Å². The van der Waals surface area contributed by atoms with Gasteiger partial charge in [-0.25, -0.2) is 4.79 Å². The molecular formula is C13H24N2O5. The molecule has 0 aromatic carbocycles. The van der Waals surface area contributed by atoms with Gasteiger partial charge in [-0.15, -0.1) is 0 Å². The molecule has 2 atom stereocenters. The minimum atomic E-state index is -0.605. The maximum Gasteiger partial charge on any atom is 0.410 e. The fourth-order valence-electron chi connectivity index (χ4n) is 1.99. The Balaban J connectivity index is 2.76. The number of methoxy groups -OCH3 is 1. The number of carbonyl (C=O) groups is 2. The predicted molar refractivity (Wildman–Crippen MR) is 72.2 cm³/mol. The summed E-state index contributed by atoms with van der Waals surface area (Å²) in [5, 5.41) is 12.3. The van der Waals surface area contributed by atoms with E-state index in [1.54, 1.807) is 20.8 Å². The summed E-state index contributed by atoms with van der Waals surface area (Å²) in [5.74, 6) is -0.382. The average molecular weight is 288 g/mol. The van der Waals surface area contributed by atoms with Gasteiger partial charge >= 0.3 is 12.1 Å². The molecular weight excluding hydrogens is 264 g/mol. The lowest BCUT2D eigenvalue weighted by Gasteiger charge is -2.39. The van der Waals surface area contributed by atoms with Gasteiger partial charge in [0, 0.05) is 19.1 Å². The lowest BCUT2D eigenvalue weighted by molar-refractivity contribution is -0.142. The second-order valence-corrected chi connectivity index (χ2v) is 5.85. The number of esters is 1. The van der Waals surface area contributed by atoms with Crippen molar-refractivity contribution in [2.24, 2.45) is 0 Å². The minimum Gasteiger partial charge on any atom is -0.469 e. The van der Waals surface area contributed by atoms with E-state index < -0.39 is 11.7 Å². The first-order chi connectivity index (χ1) is 9.26. The van der Waals surface area contributed by atoms with Crippen LogP contribution in [-0.2, 0) is 14.3 Å². The van der Waals surface area contributed by atoms with Crippen molar-refractivity contribution in [2.45, 2.75) is 44.9 Å². The number of nitrogens with one attached hydrogen (secondary N) is 1. The van der Waals surface area contributed by atoms with Crippen LogP contribution in [-0.4, -0.2) is 66.6 Å². The monoisotopic (exact) mass is 288 g/mol. The number of aliphatic hydroxyl groups excluding tert-OH is 1. The van der Waals surface area contributed by atoms with E-state index in [1.807, 2.05) is 0 Å². The smallest absolute Gasteiger partial charge is 0.410 e. The molecule has 0 spiro atoms. The maximum absolute atomic E-state index is 12.2. The van der Waals surface area contributed by atoms with Gasteiger partial charge in [0.05, 0.1) is 26.2 Å². The summed E-state index contributed by atoms with van der Waals surface area (Å²) in [7, 11) is 1.31. The number of nitrogens with zero attached hydrogens (tertiary/aromatic N) is 1. The molecule has 1 unspecified atom stereocenters. The molecule has 0 aliphatic carbocycles. The van der Waals surface area contributed by atoms with Crippen molar-refractivity contribution in [1.29, 1.82) is 0 Å². The Morgan fingerprint density at radius 1 is 1.40 bits per heavy atom. The SMILES string of the molecule is COC(=O)C[C@H]1CNC(CO)CN1C(=O)OC(C)(C)C. The first kappa shape index (κ1) is 16.7. The van der Waals surface area contributed by atoms with Crippen LogP contribution in [0.5, 0.6) is 0 Å². The van der Waals surface area contributed by atoms with Crippen molar-refractivity contribution in [3.8, 4) is 0 Å². The highest BCUT2D eigenvalue weighted by molar-refractivity contribution is 5.73. The first-order valence-electron chi connectivity index (χ1n) is 6.67. The molecule has 1 saturated heterocycles. The van der Waals surface area contributed by atoms with E-state index in [2.05, 4.69) is 10.1 Å². The summed E-state index contributed by atoms with van der Waals surface area (Å²) in [4.78, 5) is 25.1. The Morgan fingerprint density at radius 3 is 2.55 bits per heavy atom. The molecule has 1 fully saturated rings. The van der Waals surface area contributed by atoms with Crippen molar-refractivity contribution in [3.63, 3.8) is 0 Å². The largest absolute Gasteiger partial charge is 0.469 e. The van der Waals surface area contributed by atoms with Gasteiger partial charge in [-0.1, -0.05) is 0 Å². The van der Waals surface area contributed by atoms with Gasteiger partial charge in [0.15, 0.2) is 0 Å². The van der Waals surface area contributed by atoms with E-state index in [0.29, 0.717) is 13.1 Å². The lowest BCUT2D eigenvalue weighted by Crippen LogP contribution is -2.60. The number of hydrogen-bond donors (Lipinski definition) is 2. The molecule has 1 heterocycles. The Morgan fingerprint density at radius 2 is 2.05 bits per heavy atom. The molecule has 0 aromatic heterocycles. The Kier molecular flexibility index (Phi) is 5.76. The molecule has 0 aromatic rings. The normalized spacial score (nSPS) is 23.4. The summed E-state index contributed by atoms with van der Waals surface area (Å²) in [6.07, 6.45) is -0.382. The van der Waals surface area contributed by atoms with Gasteiger partial charge in [0.1, 0.15) is 5.60 Å². The molecule has 2 N–H and O–H groups in total. The van der Waals surface area contributed by atoms with Crippen LogP contribution in [0, 0.1) is 0 Å².